The number of hydrogen-bond acceptors (Lipinski definition) is 2. The third kappa shape index (κ3) is 1.55. The summed E-state index contributed by atoms with van der Waals surface area (Å²) in [6, 6.07) is 4.66. The van der Waals surface area contributed by atoms with E-state index in [2.05, 4.69) is 4.90 Å². The van der Waals surface area contributed by atoms with Gasteiger partial charge in [-0.25, -0.2) is 4.39 Å². The standard InChI is InChI=1S/C13H17FN2/c14-11-4-5-12(15)13(6-11)16-7-9-2-1-3-10(9)8-16/h4-6,9-10H,1-3,7-8,15H2. The topological polar surface area (TPSA) is 29.3 Å². The highest BCUT2D eigenvalue weighted by atomic mass is 19.1. The number of rotatable bonds is 1. The Morgan fingerprint density at radius 1 is 1.19 bits per heavy atom. The van der Waals surface area contributed by atoms with E-state index in [4.69, 9.17) is 5.73 Å². The molecule has 2 N–H and O–H groups in total. The highest BCUT2D eigenvalue weighted by molar-refractivity contribution is 5.68. The second kappa shape index (κ2) is 3.65. The van der Waals surface area contributed by atoms with E-state index < -0.39 is 0 Å². The fourth-order valence-corrected chi connectivity index (χ4v) is 3.22. The Bertz CT molecular complexity index is 393. The molecule has 1 aliphatic heterocycles. The summed E-state index contributed by atoms with van der Waals surface area (Å²) in [5.41, 5.74) is 7.49. The van der Waals surface area contributed by atoms with Crippen LogP contribution >= 0.6 is 0 Å². The quantitative estimate of drug-likeness (QED) is 0.737. The molecule has 2 atom stereocenters. The average molecular weight is 220 g/mol. The molecule has 86 valence electrons. The van der Waals surface area contributed by atoms with Crippen LogP contribution in [0.4, 0.5) is 15.8 Å². The van der Waals surface area contributed by atoms with Crippen molar-refractivity contribution < 1.29 is 4.39 Å². The maximum atomic E-state index is 13.2. The highest BCUT2D eigenvalue weighted by Crippen LogP contribution is 2.40. The zero-order chi connectivity index (χ0) is 11.1. The van der Waals surface area contributed by atoms with Gasteiger partial charge >= 0.3 is 0 Å². The van der Waals surface area contributed by atoms with Gasteiger partial charge in [0.2, 0.25) is 0 Å². The van der Waals surface area contributed by atoms with Crippen LogP contribution in [0, 0.1) is 17.7 Å². The van der Waals surface area contributed by atoms with Crippen molar-refractivity contribution in [3.8, 4) is 0 Å². The Morgan fingerprint density at radius 2 is 1.88 bits per heavy atom. The van der Waals surface area contributed by atoms with Crippen molar-refractivity contribution in [1.29, 1.82) is 0 Å². The first-order chi connectivity index (χ1) is 7.74. The molecule has 16 heavy (non-hydrogen) atoms. The number of hydrogen-bond donors (Lipinski definition) is 1. The minimum atomic E-state index is -0.193. The van der Waals surface area contributed by atoms with E-state index in [-0.39, 0.29) is 5.82 Å². The number of nitrogen functional groups attached to an aromatic ring is 1. The second-order valence-electron chi connectivity index (χ2n) is 5.06. The molecular weight excluding hydrogens is 203 g/mol. The molecular formula is C13H17FN2. The number of benzene rings is 1. The van der Waals surface area contributed by atoms with E-state index in [0.29, 0.717) is 5.69 Å². The minimum Gasteiger partial charge on any atom is -0.397 e. The molecule has 1 saturated carbocycles. The summed E-state index contributed by atoms with van der Waals surface area (Å²) in [7, 11) is 0. The molecule has 1 aromatic carbocycles. The molecule has 3 heteroatoms. The molecule has 0 radical (unpaired) electrons. The predicted molar refractivity (Wildman–Crippen MR) is 63.9 cm³/mol. The zero-order valence-corrected chi connectivity index (χ0v) is 9.32. The SMILES string of the molecule is Nc1ccc(F)cc1N1CC2CCCC2C1. The van der Waals surface area contributed by atoms with Gasteiger partial charge in [-0.15, -0.1) is 0 Å². The van der Waals surface area contributed by atoms with E-state index in [9.17, 15) is 4.39 Å². The van der Waals surface area contributed by atoms with E-state index in [1.165, 1.54) is 25.3 Å². The second-order valence-corrected chi connectivity index (χ2v) is 5.06. The smallest absolute Gasteiger partial charge is 0.125 e. The Kier molecular flexibility index (Phi) is 2.27. The van der Waals surface area contributed by atoms with Crippen molar-refractivity contribution >= 4 is 11.4 Å². The molecule has 2 fully saturated rings. The van der Waals surface area contributed by atoms with Gasteiger partial charge in [-0.05, 0) is 42.9 Å². The summed E-state index contributed by atoms with van der Waals surface area (Å²) in [6.07, 6.45) is 4.02. The molecule has 1 aliphatic carbocycles. The molecule has 0 amide bonds. The number of nitrogens with zero attached hydrogens (tertiary/aromatic N) is 1. The summed E-state index contributed by atoms with van der Waals surface area (Å²) in [5.74, 6) is 1.42. The summed E-state index contributed by atoms with van der Waals surface area (Å²) in [6.45, 7) is 2.11. The van der Waals surface area contributed by atoms with Gasteiger partial charge in [-0.2, -0.15) is 0 Å². The van der Waals surface area contributed by atoms with E-state index >= 15 is 0 Å². The van der Waals surface area contributed by atoms with Crippen molar-refractivity contribution in [2.45, 2.75) is 19.3 Å². The summed E-state index contributed by atoms with van der Waals surface area (Å²) < 4.78 is 13.2. The molecule has 1 saturated heterocycles. The van der Waals surface area contributed by atoms with Gasteiger partial charge in [0.15, 0.2) is 0 Å². The summed E-state index contributed by atoms with van der Waals surface area (Å²) in [5, 5.41) is 0. The van der Waals surface area contributed by atoms with Gasteiger partial charge in [0, 0.05) is 13.1 Å². The van der Waals surface area contributed by atoms with E-state index in [0.717, 1.165) is 30.6 Å². The first-order valence-corrected chi connectivity index (χ1v) is 6.04. The highest BCUT2D eigenvalue weighted by Gasteiger charge is 2.36. The van der Waals surface area contributed by atoms with Crippen molar-refractivity contribution in [2.75, 3.05) is 23.7 Å². The fourth-order valence-electron chi connectivity index (χ4n) is 3.22. The monoisotopic (exact) mass is 220 g/mol. The average Bonchev–Trinajstić information content (AvgIpc) is 2.81. The van der Waals surface area contributed by atoms with Crippen LogP contribution in [0.5, 0.6) is 0 Å². The van der Waals surface area contributed by atoms with Crippen molar-refractivity contribution in [3.05, 3.63) is 24.0 Å². The Labute approximate surface area is 95.2 Å². The lowest BCUT2D eigenvalue weighted by Crippen LogP contribution is -2.21. The van der Waals surface area contributed by atoms with Crippen LogP contribution in [0.15, 0.2) is 18.2 Å². The van der Waals surface area contributed by atoms with E-state index in [1.807, 2.05) is 0 Å². The Morgan fingerprint density at radius 3 is 2.56 bits per heavy atom. The van der Waals surface area contributed by atoms with Crippen LogP contribution in [0.3, 0.4) is 0 Å². The molecule has 2 nitrogen and oxygen atoms in total. The normalized spacial score (nSPS) is 28.4. The van der Waals surface area contributed by atoms with Crippen LogP contribution in [0.2, 0.25) is 0 Å². The van der Waals surface area contributed by atoms with Crippen molar-refractivity contribution in [3.63, 3.8) is 0 Å². The largest absolute Gasteiger partial charge is 0.397 e. The number of anilines is 2. The lowest BCUT2D eigenvalue weighted by Gasteiger charge is -2.21. The number of fused-ring (bicyclic) bond motifs is 1. The van der Waals surface area contributed by atoms with Crippen LogP contribution < -0.4 is 10.6 Å². The molecule has 0 bridgehead atoms. The van der Waals surface area contributed by atoms with Crippen LogP contribution in [0.25, 0.3) is 0 Å². The molecule has 1 heterocycles. The van der Waals surface area contributed by atoms with Gasteiger partial charge < -0.3 is 10.6 Å². The van der Waals surface area contributed by atoms with E-state index in [1.54, 1.807) is 12.1 Å². The fraction of sp³-hybridized carbons (Fsp3) is 0.538. The molecule has 0 aromatic heterocycles. The minimum absolute atomic E-state index is 0.193. The Hall–Kier alpha value is -1.25. The molecule has 0 spiro atoms. The lowest BCUT2D eigenvalue weighted by atomic mass is 10.0. The first kappa shape index (κ1) is 9.94. The molecule has 2 unspecified atom stereocenters. The zero-order valence-electron chi connectivity index (χ0n) is 9.32. The van der Waals surface area contributed by atoms with Gasteiger partial charge in [-0.1, -0.05) is 6.42 Å². The van der Waals surface area contributed by atoms with Gasteiger partial charge in [0.25, 0.3) is 0 Å². The maximum absolute atomic E-state index is 13.2. The summed E-state index contributed by atoms with van der Waals surface area (Å²) in [4.78, 5) is 2.26. The predicted octanol–water partition coefficient (Wildman–Crippen LogP) is 2.64. The van der Waals surface area contributed by atoms with Crippen LogP contribution in [0.1, 0.15) is 19.3 Å². The molecule has 1 aromatic rings. The first-order valence-electron chi connectivity index (χ1n) is 6.04. The number of nitrogens with two attached hydrogens (primary N) is 1. The van der Waals surface area contributed by atoms with Gasteiger partial charge in [-0.3, -0.25) is 0 Å². The van der Waals surface area contributed by atoms with Crippen LogP contribution in [-0.2, 0) is 0 Å². The van der Waals surface area contributed by atoms with Gasteiger partial charge in [0.1, 0.15) is 5.82 Å². The van der Waals surface area contributed by atoms with Crippen LogP contribution in [-0.4, -0.2) is 13.1 Å². The van der Waals surface area contributed by atoms with Gasteiger partial charge in [0.05, 0.1) is 11.4 Å². The third-order valence-corrected chi connectivity index (χ3v) is 4.06. The third-order valence-electron chi connectivity index (χ3n) is 4.06. The molecule has 3 rings (SSSR count). The Balaban J connectivity index is 1.85. The van der Waals surface area contributed by atoms with Crippen molar-refractivity contribution in [1.82, 2.24) is 0 Å². The molecule has 2 aliphatic rings. The lowest BCUT2D eigenvalue weighted by molar-refractivity contribution is 0.494. The number of halogens is 1. The summed E-state index contributed by atoms with van der Waals surface area (Å²) >= 11 is 0. The maximum Gasteiger partial charge on any atom is 0.125 e. The van der Waals surface area contributed by atoms with Crippen molar-refractivity contribution in [2.24, 2.45) is 11.8 Å².